The fraction of sp³-hybridized carbons (Fsp3) is 0.667. The number of carbonyl (C=O) groups is 3. The first-order valence-electron chi connectivity index (χ1n) is 9.45. The lowest BCUT2D eigenvalue weighted by molar-refractivity contribution is -0.160. The molecule has 146 valence electrons. The highest BCUT2D eigenvalue weighted by molar-refractivity contribution is 5.99. The SMILES string of the molecule is COCCN1CCN2C(=O)[C@H](C)N(C(=O)c3cc(C4CC4)[nH]n3)C[C@H]2C1=O. The van der Waals surface area contributed by atoms with E-state index in [9.17, 15) is 14.4 Å². The number of hydrogen-bond acceptors (Lipinski definition) is 5. The van der Waals surface area contributed by atoms with E-state index in [2.05, 4.69) is 10.2 Å². The van der Waals surface area contributed by atoms with Crippen LogP contribution in [0.1, 0.15) is 41.9 Å². The smallest absolute Gasteiger partial charge is 0.275 e. The Morgan fingerprint density at radius 1 is 1.30 bits per heavy atom. The third-order valence-electron chi connectivity index (χ3n) is 5.72. The zero-order valence-electron chi connectivity index (χ0n) is 15.7. The molecule has 2 aliphatic heterocycles. The minimum Gasteiger partial charge on any atom is -0.383 e. The number of aromatic amines is 1. The maximum absolute atomic E-state index is 13.0. The Kier molecular flexibility index (Phi) is 4.63. The Hall–Kier alpha value is -2.42. The van der Waals surface area contributed by atoms with Gasteiger partial charge in [0.25, 0.3) is 5.91 Å². The number of amides is 3. The fourth-order valence-electron chi connectivity index (χ4n) is 3.88. The summed E-state index contributed by atoms with van der Waals surface area (Å²) in [4.78, 5) is 43.4. The molecular formula is C18H25N5O4. The van der Waals surface area contributed by atoms with Gasteiger partial charge in [0.2, 0.25) is 11.8 Å². The van der Waals surface area contributed by atoms with Crippen molar-refractivity contribution < 1.29 is 19.1 Å². The van der Waals surface area contributed by atoms with Crippen LogP contribution in [0, 0.1) is 0 Å². The Balaban J connectivity index is 1.52. The molecule has 1 aromatic heterocycles. The molecule has 0 aromatic carbocycles. The first-order chi connectivity index (χ1) is 13.0. The largest absolute Gasteiger partial charge is 0.383 e. The number of nitrogens with zero attached hydrogens (tertiary/aromatic N) is 4. The third-order valence-corrected chi connectivity index (χ3v) is 5.72. The monoisotopic (exact) mass is 375 g/mol. The molecule has 1 saturated carbocycles. The van der Waals surface area contributed by atoms with E-state index in [0.717, 1.165) is 18.5 Å². The van der Waals surface area contributed by atoms with Crippen LogP contribution in [0.4, 0.5) is 0 Å². The normalized spacial score (nSPS) is 25.8. The summed E-state index contributed by atoms with van der Waals surface area (Å²) in [5, 5.41) is 7.06. The Labute approximate surface area is 157 Å². The number of rotatable bonds is 5. The van der Waals surface area contributed by atoms with Crippen LogP contribution >= 0.6 is 0 Å². The number of hydrogen-bond donors (Lipinski definition) is 1. The van der Waals surface area contributed by atoms with Crippen molar-refractivity contribution in [2.45, 2.75) is 37.8 Å². The quantitative estimate of drug-likeness (QED) is 0.770. The maximum atomic E-state index is 13.0. The van der Waals surface area contributed by atoms with Gasteiger partial charge in [0.15, 0.2) is 0 Å². The van der Waals surface area contributed by atoms with E-state index >= 15 is 0 Å². The van der Waals surface area contributed by atoms with Gasteiger partial charge in [-0.25, -0.2) is 0 Å². The summed E-state index contributed by atoms with van der Waals surface area (Å²) in [6, 6.07) is 0.537. The fourth-order valence-corrected chi connectivity index (χ4v) is 3.88. The van der Waals surface area contributed by atoms with Crippen molar-refractivity contribution in [1.29, 1.82) is 0 Å². The standard InChI is InChI=1S/C18H25N5O4/c1-11-16(24)22-6-5-21(7-8-27-2)18(26)15(22)10-23(11)17(25)14-9-13(19-20-14)12-3-4-12/h9,11-12,15H,3-8,10H2,1-2H3,(H,19,20)/t11-,15-/m0/s1. The summed E-state index contributed by atoms with van der Waals surface area (Å²) < 4.78 is 5.06. The van der Waals surface area contributed by atoms with Gasteiger partial charge >= 0.3 is 0 Å². The average Bonchev–Trinajstić information content (AvgIpc) is 3.40. The first kappa shape index (κ1) is 18.0. The van der Waals surface area contributed by atoms with Crippen LogP contribution in [0.2, 0.25) is 0 Å². The van der Waals surface area contributed by atoms with Gasteiger partial charge in [-0.2, -0.15) is 5.10 Å². The van der Waals surface area contributed by atoms with Gasteiger partial charge in [-0.05, 0) is 25.8 Å². The van der Waals surface area contributed by atoms with Crippen molar-refractivity contribution in [3.05, 3.63) is 17.5 Å². The Morgan fingerprint density at radius 3 is 2.78 bits per heavy atom. The van der Waals surface area contributed by atoms with E-state index in [0.29, 0.717) is 37.9 Å². The molecule has 9 nitrogen and oxygen atoms in total. The van der Waals surface area contributed by atoms with Crippen LogP contribution in [-0.2, 0) is 14.3 Å². The van der Waals surface area contributed by atoms with Crippen molar-refractivity contribution in [2.75, 3.05) is 39.9 Å². The van der Waals surface area contributed by atoms with E-state index in [1.807, 2.05) is 0 Å². The van der Waals surface area contributed by atoms with Gasteiger partial charge in [-0.1, -0.05) is 0 Å². The number of carbonyl (C=O) groups excluding carboxylic acids is 3. The van der Waals surface area contributed by atoms with Crippen LogP contribution < -0.4 is 0 Å². The second kappa shape index (κ2) is 6.95. The average molecular weight is 375 g/mol. The molecule has 3 aliphatic rings. The zero-order valence-corrected chi connectivity index (χ0v) is 15.7. The van der Waals surface area contributed by atoms with Gasteiger partial charge in [-0.3, -0.25) is 19.5 Å². The minimum atomic E-state index is -0.634. The molecule has 0 bridgehead atoms. The molecule has 0 unspecified atom stereocenters. The number of piperazine rings is 2. The molecular weight excluding hydrogens is 350 g/mol. The number of H-pyrrole nitrogens is 1. The van der Waals surface area contributed by atoms with Crippen molar-refractivity contribution >= 4 is 17.7 Å². The molecule has 2 atom stereocenters. The van der Waals surface area contributed by atoms with E-state index in [4.69, 9.17) is 4.74 Å². The predicted octanol–water partition coefficient (Wildman–Crippen LogP) is -0.183. The second-order valence-corrected chi connectivity index (χ2v) is 7.48. The molecule has 1 N–H and O–H groups in total. The summed E-state index contributed by atoms with van der Waals surface area (Å²) in [5.41, 5.74) is 1.28. The summed E-state index contributed by atoms with van der Waals surface area (Å²) in [6.45, 7) is 3.82. The molecule has 0 radical (unpaired) electrons. The molecule has 1 aliphatic carbocycles. The lowest BCUT2D eigenvalue weighted by Crippen LogP contribution is -2.70. The highest BCUT2D eigenvalue weighted by Gasteiger charge is 2.47. The third kappa shape index (κ3) is 3.20. The molecule has 0 spiro atoms. The summed E-state index contributed by atoms with van der Waals surface area (Å²) in [5.74, 6) is -0.154. The summed E-state index contributed by atoms with van der Waals surface area (Å²) in [7, 11) is 1.59. The van der Waals surface area contributed by atoms with Crippen molar-refractivity contribution in [1.82, 2.24) is 24.9 Å². The zero-order chi connectivity index (χ0) is 19.1. The first-order valence-corrected chi connectivity index (χ1v) is 9.45. The molecule has 9 heteroatoms. The van der Waals surface area contributed by atoms with Crippen LogP contribution in [-0.4, -0.2) is 94.6 Å². The lowest BCUT2D eigenvalue weighted by Gasteiger charge is -2.48. The van der Waals surface area contributed by atoms with Crippen LogP contribution in [0.25, 0.3) is 0 Å². The number of aromatic nitrogens is 2. The molecule has 27 heavy (non-hydrogen) atoms. The molecule has 3 heterocycles. The highest BCUT2D eigenvalue weighted by Crippen LogP contribution is 2.39. The second-order valence-electron chi connectivity index (χ2n) is 7.48. The van der Waals surface area contributed by atoms with Gasteiger partial charge in [-0.15, -0.1) is 0 Å². The molecule has 3 fully saturated rings. The Bertz CT molecular complexity index is 759. The van der Waals surface area contributed by atoms with Crippen molar-refractivity contribution in [3.8, 4) is 0 Å². The van der Waals surface area contributed by atoms with Gasteiger partial charge in [0.1, 0.15) is 17.8 Å². The van der Waals surface area contributed by atoms with Crippen LogP contribution in [0.15, 0.2) is 6.07 Å². The van der Waals surface area contributed by atoms with Gasteiger partial charge < -0.3 is 19.4 Å². The van der Waals surface area contributed by atoms with Crippen molar-refractivity contribution in [3.63, 3.8) is 0 Å². The molecule has 4 rings (SSSR count). The highest BCUT2D eigenvalue weighted by atomic mass is 16.5. The molecule has 1 aromatic rings. The molecule has 2 saturated heterocycles. The maximum Gasteiger partial charge on any atom is 0.275 e. The summed E-state index contributed by atoms with van der Waals surface area (Å²) in [6.07, 6.45) is 2.22. The van der Waals surface area contributed by atoms with E-state index in [-0.39, 0.29) is 24.3 Å². The summed E-state index contributed by atoms with van der Waals surface area (Å²) >= 11 is 0. The van der Waals surface area contributed by atoms with Gasteiger partial charge in [0.05, 0.1) is 13.2 Å². The van der Waals surface area contributed by atoms with Crippen LogP contribution in [0.5, 0.6) is 0 Å². The van der Waals surface area contributed by atoms with E-state index in [1.54, 1.807) is 29.9 Å². The lowest BCUT2D eigenvalue weighted by atomic mass is 10.0. The Morgan fingerprint density at radius 2 is 2.07 bits per heavy atom. The van der Waals surface area contributed by atoms with Gasteiger partial charge in [0, 0.05) is 38.4 Å². The van der Waals surface area contributed by atoms with E-state index in [1.165, 1.54) is 4.90 Å². The van der Waals surface area contributed by atoms with E-state index < -0.39 is 12.1 Å². The number of fused-ring (bicyclic) bond motifs is 1. The predicted molar refractivity (Wildman–Crippen MR) is 95.0 cm³/mol. The molecule has 3 amide bonds. The topological polar surface area (TPSA) is 98.8 Å². The minimum absolute atomic E-state index is 0.128. The number of methoxy groups -OCH3 is 1. The number of nitrogens with one attached hydrogen (secondary N) is 1. The van der Waals surface area contributed by atoms with Crippen LogP contribution in [0.3, 0.4) is 0 Å². The number of ether oxygens (including phenoxy) is 1. The van der Waals surface area contributed by atoms with Crippen molar-refractivity contribution in [2.24, 2.45) is 0 Å².